The number of aliphatic hydroxyl groups is 1. The number of benzene rings is 4. The van der Waals surface area contributed by atoms with E-state index in [1.54, 1.807) is 28.4 Å². The van der Waals surface area contributed by atoms with Crippen LogP contribution in [0.15, 0.2) is 72.2 Å². The van der Waals surface area contributed by atoms with Gasteiger partial charge in [-0.3, -0.25) is 24.2 Å². The number of likely N-dealkylation sites (tertiary alicyclic amines) is 2. The number of amides is 4. The number of rotatable bonds is 16. The van der Waals surface area contributed by atoms with Crippen molar-refractivity contribution < 1.29 is 43.3 Å². The molecule has 19 nitrogen and oxygen atoms in total. The Morgan fingerprint density at radius 1 is 0.839 bits per heavy atom. The van der Waals surface area contributed by atoms with Crippen LogP contribution in [0.1, 0.15) is 92.0 Å². The van der Waals surface area contributed by atoms with E-state index in [0.29, 0.717) is 73.9 Å². The highest BCUT2D eigenvalue weighted by atomic mass is 35.5. The van der Waals surface area contributed by atoms with E-state index >= 15 is 4.39 Å². The number of anilines is 1. The van der Waals surface area contributed by atoms with E-state index in [1.165, 1.54) is 11.0 Å². The van der Waals surface area contributed by atoms with Crippen LogP contribution in [-0.4, -0.2) is 195 Å². The van der Waals surface area contributed by atoms with Crippen LogP contribution in [0.25, 0.3) is 43.2 Å². The molecule has 4 N–H and O–H groups in total. The summed E-state index contributed by atoms with van der Waals surface area (Å²) in [6, 6.07) is 18.1. The second-order valence-corrected chi connectivity index (χ2v) is 27.3. The lowest BCUT2D eigenvalue weighted by atomic mass is 9.85. The normalized spacial score (nSPS) is 19.7. The molecule has 466 valence electrons. The molecular weight excluding hydrogens is 1150 g/mol. The number of β-amino-alcohol motifs (C(OH)–C–C–N with tert-alkyl or cyclic N) is 1. The van der Waals surface area contributed by atoms with Gasteiger partial charge in [-0.05, 0) is 124 Å². The molecule has 2 aromatic heterocycles. The number of nitrogens with one attached hydrogen (secondary N) is 2. The van der Waals surface area contributed by atoms with Gasteiger partial charge in [-0.15, -0.1) is 11.3 Å². The third kappa shape index (κ3) is 15.1. The van der Waals surface area contributed by atoms with Crippen molar-refractivity contribution in [3.8, 4) is 33.3 Å². The molecule has 87 heavy (non-hydrogen) atoms. The maximum atomic E-state index is 17.3. The minimum Gasteiger partial charge on any atom is -0.508 e. The molecule has 5 atom stereocenters. The predicted molar refractivity (Wildman–Crippen MR) is 338 cm³/mol. The van der Waals surface area contributed by atoms with E-state index in [4.69, 9.17) is 31.0 Å². The molecule has 4 aliphatic heterocycles. The number of aliphatic hydroxyl groups excluding tert-OH is 1. The van der Waals surface area contributed by atoms with Crippen LogP contribution in [0.2, 0.25) is 5.02 Å². The summed E-state index contributed by atoms with van der Waals surface area (Å²) in [6.45, 7) is 25.0. The van der Waals surface area contributed by atoms with Gasteiger partial charge < -0.3 is 49.9 Å². The summed E-state index contributed by atoms with van der Waals surface area (Å²) in [6.07, 6.45) is 0.469. The summed E-state index contributed by atoms with van der Waals surface area (Å²) < 4.78 is 29.5. The highest BCUT2D eigenvalue weighted by molar-refractivity contribution is 7.13. The number of piperazine rings is 2. The molecule has 6 aromatic rings. The van der Waals surface area contributed by atoms with Crippen molar-refractivity contribution in [3.63, 3.8) is 0 Å². The van der Waals surface area contributed by atoms with Crippen molar-refractivity contribution in [3.05, 3.63) is 94.3 Å². The summed E-state index contributed by atoms with van der Waals surface area (Å²) in [7, 11) is 0. The third-order valence-electron chi connectivity index (χ3n) is 17.1. The lowest BCUT2D eigenvalue weighted by Crippen LogP contribution is -2.59. The summed E-state index contributed by atoms with van der Waals surface area (Å²) in [5.74, 6) is -0.770. The molecule has 4 saturated heterocycles. The van der Waals surface area contributed by atoms with Gasteiger partial charge in [-0.2, -0.15) is 9.97 Å². The average Bonchev–Trinajstić information content (AvgIpc) is 1.33. The van der Waals surface area contributed by atoms with Crippen LogP contribution < -0.4 is 20.3 Å². The Labute approximate surface area is 518 Å². The number of halogens is 2. The van der Waals surface area contributed by atoms with Crippen molar-refractivity contribution in [2.24, 2.45) is 11.3 Å². The van der Waals surface area contributed by atoms with Gasteiger partial charge in [0.05, 0.1) is 39.8 Å². The number of phenols is 1. The van der Waals surface area contributed by atoms with Gasteiger partial charge in [0.1, 0.15) is 40.9 Å². The highest BCUT2D eigenvalue weighted by Gasteiger charge is 2.45. The molecule has 0 aliphatic carbocycles. The molecule has 4 amide bonds. The predicted octanol–water partition coefficient (Wildman–Crippen LogP) is 8.90. The van der Waals surface area contributed by atoms with Crippen LogP contribution in [0, 0.1) is 24.1 Å². The molecule has 4 aromatic carbocycles. The van der Waals surface area contributed by atoms with Crippen molar-refractivity contribution in [2.45, 2.75) is 118 Å². The van der Waals surface area contributed by atoms with E-state index in [2.05, 4.69) is 30.3 Å². The van der Waals surface area contributed by atoms with E-state index in [-0.39, 0.29) is 71.3 Å². The maximum Gasteiger partial charge on any atom is 0.410 e. The number of phenolic OH excluding ortho intramolecular Hbond substituents is 1. The Morgan fingerprint density at radius 2 is 1.53 bits per heavy atom. The average molecular weight is 1230 g/mol. The van der Waals surface area contributed by atoms with Gasteiger partial charge in [0.15, 0.2) is 5.82 Å². The zero-order chi connectivity index (χ0) is 62.1. The van der Waals surface area contributed by atoms with Crippen LogP contribution in [0.3, 0.4) is 0 Å². The number of hydrogen-bond donors (Lipinski definition) is 4. The van der Waals surface area contributed by atoms with Gasteiger partial charge >= 0.3 is 12.1 Å². The number of piperidine rings is 1. The summed E-state index contributed by atoms with van der Waals surface area (Å²) in [4.78, 5) is 82.2. The maximum absolute atomic E-state index is 17.3. The minimum atomic E-state index is -0.920. The fraction of sp³-hybridized carbons (Fsp3) is 0.523. The number of carbonyl (C=O) groups is 4. The lowest BCUT2D eigenvalue weighted by Gasteiger charge is -2.39. The van der Waals surface area contributed by atoms with E-state index in [1.807, 2.05) is 121 Å². The zero-order valence-electron chi connectivity index (χ0n) is 51.4. The number of nitrogens with zero attached hydrogens (tertiary/aromatic N) is 9. The third-order valence-corrected chi connectivity index (χ3v) is 18.4. The van der Waals surface area contributed by atoms with E-state index in [9.17, 15) is 29.4 Å². The first-order chi connectivity index (χ1) is 41.3. The molecule has 0 spiro atoms. The Balaban J connectivity index is 0.713. The minimum absolute atomic E-state index is 0.00181. The quantitative estimate of drug-likeness (QED) is 0.0713. The molecule has 4 fully saturated rings. The topological polar surface area (TPSA) is 209 Å². The van der Waals surface area contributed by atoms with Crippen molar-refractivity contribution in [1.29, 1.82) is 0 Å². The molecule has 0 radical (unpaired) electrons. The fourth-order valence-corrected chi connectivity index (χ4v) is 13.6. The Hall–Kier alpha value is -6.75. The standard InChI is InChI=1S/C65H83ClFN11O8S/c1-39(85-62-71-56-50(59(72-62)76-26-28-77(29-27-76)63(84)86-65(7,8)9)33-51(66)54(55(56)67)49-31-46(79)30-45-12-10-11-13-48(45)49)34-73-20-18-42(19-21-73)35-74-22-24-75(25-23-74)37-53(81)70-58(64(4,5)6)61(83)78-36-47(80)32-52(78)60(82)69-40(2)43-14-16-44(17-15-43)57-41(3)68-38-87-57/h10-17,30-31,33,38-40,42,47,52,58,79-80H,18-29,32,34-37H2,1-9H3,(H,69,82)(H,70,81)/t39?,40-,47+,52-,58?/m0/s1. The van der Waals surface area contributed by atoms with Gasteiger partial charge in [0.25, 0.3) is 0 Å². The first-order valence-electron chi connectivity index (χ1n) is 30.4. The lowest BCUT2D eigenvalue weighted by molar-refractivity contribution is -0.144. The number of carbonyl (C=O) groups excluding carboxylic acids is 4. The number of aryl methyl sites for hydroxylation is 1. The molecule has 6 heterocycles. The molecule has 2 unspecified atom stereocenters. The van der Waals surface area contributed by atoms with E-state index < -0.39 is 47.0 Å². The first kappa shape index (κ1) is 63.3. The van der Waals surface area contributed by atoms with E-state index in [0.717, 1.165) is 72.6 Å². The fourth-order valence-electron chi connectivity index (χ4n) is 12.5. The molecule has 10 rings (SSSR count). The van der Waals surface area contributed by atoms with Crippen molar-refractivity contribution >= 4 is 74.2 Å². The smallest absolute Gasteiger partial charge is 0.410 e. The number of fused-ring (bicyclic) bond motifs is 2. The molecule has 0 bridgehead atoms. The van der Waals surface area contributed by atoms with Gasteiger partial charge in [-0.25, -0.2) is 14.2 Å². The SMILES string of the molecule is Cc1ncsc1-c1ccc([C@H](C)NC(=O)[C@@H]2C[C@@H](O)CN2C(=O)C(NC(=O)CN2CCN(CC3CCN(CC(C)Oc4nc(N5CCN(C(=O)OC(C)(C)C)CC5)c5cc(Cl)c(-c6cc(O)cc7ccccc67)c(F)c5n4)CC3)CC2)C(C)(C)C)cc1. The number of hydrogen-bond acceptors (Lipinski definition) is 16. The van der Waals surface area contributed by atoms with Gasteiger partial charge in [-0.1, -0.05) is 80.9 Å². The van der Waals surface area contributed by atoms with Gasteiger partial charge in [0, 0.05) is 89.4 Å². The second-order valence-electron chi connectivity index (χ2n) is 26.1. The van der Waals surface area contributed by atoms with Crippen LogP contribution in [0.4, 0.5) is 15.0 Å². The monoisotopic (exact) mass is 1230 g/mol. The number of thiazole rings is 1. The number of aromatic hydroxyl groups is 1. The highest BCUT2D eigenvalue weighted by Crippen LogP contribution is 2.43. The van der Waals surface area contributed by atoms with Crippen LogP contribution >= 0.6 is 22.9 Å². The first-order valence-corrected chi connectivity index (χ1v) is 31.7. The molecular formula is C65H83ClFN11O8S. The molecule has 0 saturated carbocycles. The Kier molecular flexibility index (Phi) is 19.3. The van der Waals surface area contributed by atoms with Crippen LogP contribution in [0.5, 0.6) is 11.8 Å². The summed E-state index contributed by atoms with van der Waals surface area (Å²) in [5.41, 5.74) is 3.97. The Bertz CT molecular complexity index is 3460. The molecule has 22 heteroatoms. The molecule has 4 aliphatic rings. The van der Waals surface area contributed by atoms with Crippen molar-refractivity contribution in [2.75, 3.05) is 96.5 Å². The van der Waals surface area contributed by atoms with Gasteiger partial charge in [0.2, 0.25) is 17.7 Å². The number of ether oxygens (including phenoxy) is 2. The second kappa shape index (κ2) is 26.5. The Morgan fingerprint density at radius 3 is 2.20 bits per heavy atom. The zero-order valence-corrected chi connectivity index (χ0v) is 53.0. The summed E-state index contributed by atoms with van der Waals surface area (Å²) in [5, 5.41) is 29.6. The van der Waals surface area contributed by atoms with Crippen molar-refractivity contribution in [1.82, 2.24) is 50.1 Å². The van der Waals surface area contributed by atoms with Crippen LogP contribution in [-0.2, 0) is 19.1 Å². The number of aromatic nitrogens is 3. The summed E-state index contributed by atoms with van der Waals surface area (Å²) >= 11 is 8.58. The largest absolute Gasteiger partial charge is 0.508 e.